The Kier molecular flexibility index (Phi) is 5.32. The maximum absolute atomic E-state index is 13.4. The van der Waals surface area contributed by atoms with E-state index in [0.29, 0.717) is 11.1 Å². The van der Waals surface area contributed by atoms with Gasteiger partial charge in [0.25, 0.3) is 0 Å². The van der Waals surface area contributed by atoms with Gasteiger partial charge < -0.3 is 4.42 Å². The maximum atomic E-state index is 13.4. The van der Waals surface area contributed by atoms with E-state index in [0.717, 1.165) is 44.3 Å². The monoisotopic (exact) mass is 450 g/mol. The second kappa shape index (κ2) is 8.92. The van der Waals surface area contributed by atoms with Gasteiger partial charge in [-0.3, -0.25) is 0 Å². The molecule has 0 saturated carbocycles. The predicted octanol–water partition coefficient (Wildman–Crippen LogP) is 8.46. The van der Waals surface area contributed by atoms with Gasteiger partial charge >= 0.3 is 5.63 Å². The first kappa shape index (κ1) is 20.9. The van der Waals surface area contributed by atoms with Gasteiger partial charge in [-0.2, -0.15) is 0 Å². The molecule has 0 aliphatic heterocycles. The van der Waals surface area contributed by atoms with Crippen molar-refractivity contribution in [1.82, 2.24) is 0 Å². The van der Waals surface area contributed by atoms with Crippen LogP contribution < -0.4 is 5.63 Å². The van der Waals surface area contributed by atoms with Crippen LogP contribution in [-0.2, 0) is 0 Å². The fourth-order valence-electron chi connectivity index (χ4n) is 4.69. The molecule has 0 amide bonds. The summed E-state index contributed by atoms with van der Waals surface area (Å²) in [5.41, 5.74) is 6.70. The van der Waals surface area contributed by atoms with Crippen LogP contribution in [-0.4, -0.2) is 0 Å². The number of rotatable bonds is 4. The van der Waals surface area contributed by atoms with E-state index in [-0.39, 0.29) is 5.63 Å². The molecule has 0 saturated heterocycles. The highest BCUT2D eigenvalue weighted by Gasteiger charge is 2.20. The first-order valence-corrected chi connectivity index (χ1v) is 11.7. The lowest BCUT2D eigenvalue weighted by Gasteiger charge is -2.16. The molecule has 0 N–H and O–H groups in total. The van der Waals surface area contributed by atoms with Gasteiger partial charge in [0, 0.05) is 16.5 Å². The molecular formula is C33H22O2. The normalized spacial score (nSPS) is 11.0. The molecule has 6 rings (SSSR count). The highest BCUT2D eigenvalue weighted by atomic mass is 16.4. The molecule has 2 nitrogen and oxygen atoms in total. The molecule has 1 heterocycles. The Bertz CT molecular complexity index is 1670. The number of hydrogen-bond donors (Lipinski definition) is 0. The molecule has 0 atom stereocenters. The second-order valence-electron chi connectivity index (χ2n) is 8.50. The van der Waals surface area contributed by atoms with Gasteiger partial charge in [-0.1, -0.05) is 121 Å². The van der Waals surface area contributed by atoms with Crippen LogP contribution in [0.15, 0.2) is 143 Å². The van der Waals surface area contributed by atoms with Gasteiger partial charge in [-0.05, 0) is 39.9 Å². The summed E-state index contributed by atoms with van der Waals surface area (Å²) >= 11 is 0. The van der Waals surface area contributed by atoms with E-state index in [2.05, 4.69) is 42.5 Å². The van der Waals surface area contributed by atoms with E-state index in [4.69, 9.17) is 4.42 Å². The van der Waals surface area contributed by atoms with Crippen molar-refractivity contribution in [3.05, 3.63) is 144 Å². The predicted molar refractivity (Wildman–Crippen MR) is 144 cm³/mol. The number of hydrogen-bond acceptors (Lipinski definition) is 2. The molecule has 6 aromatic rings. The first-order chi connectivity index (χ1) is 17.3. The van der Waals surface area contributed by atoms with Crippen molar-refractivity contribution in [2.75, 3.05) is 0 Å². The van der Waals surface area contributed by atoms with Crippen LogP contribution in [0.2, 0.25) is 0 Å². The molecule has 35 heavy (non-hydrogen) atoms. The Labute approximate surface area is 203 Å². The topological polar surface area (TPSA) is 30.2 Å². The van der Waals surface area contributed by atoms with Crippen LogP contribution in [0.5, 0.6) is 0 Å². The standard InChI is InChI=1S/C33H22O2/c34-33-30-22-28(24-15-7-2-8-16-24)27(23-13-5-1-6-14-23)21-29(30)31(25-17-9-3-10-18-25)32(35-33)26-19-11-4-12-20-26/h1-22H. The second-order valence-corrected chi connectivity index (χ2v) is 8.50. The molecule has 1 aromatic heterocycles. The zero-order valence-corrected chi connectivity index (χ0v) is 19.0. The quantitative estimate of drug-likeness (QED) is 0.270. The lowest BCUT2D eigenvalue weighted by Crippen LogP contribution is -2.04. The van der Waals surface area contributed by atoms with Crippen LogP contribution >= 0.6 is 0 Å². The Hall–Kier alpha value is -4.69. The largest absolute Gasteiger partial charge is 0.422 e. The van der Waals surface area contributed by atoms with Crippen LogP contribution in [0.1, 0.15) is 0 Å². The molecule has 0 radical (unpaired) electrons. The molecule has 166 valence electrons. The summed E-state index contributed by atoms with van der Waals surface area (Å²) in [6.07, 6.45) is 0. The molecular weight excluding hydrogens is 428 g/mol. The fraction of sp³-hybridized carbons (Fsp3) is 0. The van der Waals surface area contributed by atoms with Crippen LogP contribution in [0, 0.1) is 0 Å². The van der Waals surface area contributed by atoms with E-state index in [9.17, 15) is 4.79 Å². The molecule has 5 aromatic carbocycles. The summed E-state index contributed by atoms with van der Waals surface area (Å²) in [6.45, 7) is 0. The summed E-state index contributed by atoms with van der Waals surface area (Å²) < 4.78 is 6.04. The van der Waals surface area contributed by atoms with Crippen LogP contribution in [0.25, 0.3) is 55.5 Å². The van der Waals surface area contributed by atoms with E-state index in [1.165, 1.54) is 0 Å². The first-order valence-electron chi connectivity index (χ1n) is 11.7. The van der Waals surface area contributed by atoms with E-state index in [1.54, 1.807) is 0 Å². The van der Waals surface area contributed by atoms with E-state index >= 15 is 0 Å². The average molecular weight is 451 g/mol. The van der Waals surface area contributed by atoms with Crippen LogP contribution in [0.3, 0.4) is 0 Å². The van der Waals surface area contributed by atoms with Gasteiger partial charge in [0.1, 0.15) is 5.76 Å². The van der Waals surface area contributed by atoms with E-state index in [1.807, 2.05) is 91.0 Å². The lowest BCUT2D eigenvalue weighted by molar-refractivity contribution is 0.536. The fourth-order valence-corrected chi connectivity index (χ4v) is 4.69. The van der Waals surface area contributed by atoms with Crippen LogP contribution in [0.4, 0.5) is 0 Å². The van der Waals surface area contributed by atoms with Gasteiger partial charge in [0.15, 0.2) is 0 Å². The van der Waals surface area contributed by atoms with Crippen molar-refractivity contribution in [1.29, 1.82) is 0 Å². The lowest BCUT2D eigenvalue weighted by atomic mass is 9.88. The third-order valence-electron chi connectivity index (χ3n) is 6.34. The van der Waals surface area contributed by atoms with Gasteiger partial charge in [0.2, 0.25) is 0 Å². The van der Waals surface area contributed by atoms with E-state index < -0.39 is 0 Å². The zero-order valence-electron chi connectivity index (χ0n) is 19.0. The molecule has 0 bridgehead atoms. The summed E-state index contributed by atoms with van der Waals surface area (Å²) in [6, 6.07) is 44.6. The Morgan fingerprint density at radius 1 is 0.429 bits per heavy atom. The highest BCUT2D eigenvalue weighted by Crippen LogP contribution is 2.41. The van der Waals surface area contributed by atoms with Gasteiger partial charge in [-0.15, -0.1) is 0 Å². The van der Waals surface area contributed by atoms with Crippen molar-refractivity contribution in [2.45, 2.75) is 0 Å². The van der Waals surface area contributed by atoms with Crippen molar-refractivity contribution < 1.29 is 4.42 Å². The molecule has 2 heteroatoms. The van der Waals surface area contributed by atoms with Gasteiger partial charge in [0.05, 0.1) is 5.39 Å². The zero-order chi connectivity index (χ0) is 23.6. The summed E-state index contributed by atoms with van der Waals surface area (Å²) in [7, 11) is 0. The van der Waals surface area contributed by atoms with Crippen molar-refractivity contribution >= 4 is 10.8 Å². The van der Waals surface area contributed by atoms with Crippen molar-refractivity contribution in [3.63, 3.8) is 0 Å². The molecule has 0 spiro atoms. The third-order valence-corrected chi connectivity index (χ3v) is 6.34. The Morgan fingerprint density at radius 3 is 1.31 bits per heavy atom. The summed E-state index contributed by atoms with van der Waals surface area (Å²) in [4.78, 5) is 13.4. The maximum Gasteiger partial charge on any atom is 0.344 e. The Morgan fingerprint density at radius 2 is 0.829 bits per heavy atom. The number of benzene rings is 5. The van der Waals surface area contributed by atoms with Gasteiger partial charge in [-0.25, -0.2) is 4.79 Å². The minimum atomic E-state index is -0.338. The summed E-state index contributed by atoms with van der Waals surface area (Å²) in [5.74, 6) is 0.584. The van der Waals surface area contributed by atoms with Crippen molar-refractivity contribution in [3.8, 4) is 44.7 Å². The average Bonchev–Trinajstić information content (AvgIpc) is 2.94. The minimum absolute atomic E-state index is 0.338. The van der Waals surface area contributed by atoms with Crippen molar-refractivity contribution in [2.24, 2.45) is 0 Å². The minimum Gasteiger partial charge on any atom is -0.422 e. The molecule has 0 aliphatic rings. The molecule has 0 aliphatic carbocycles. The molecule has 0 unspecified atom stereocenters. The summed E-state index contributed by atoms with van der Waals surface area (Å²) in [5, 5.41) is 1.45. The smallest absolute Gasteiger partial charge is 0.344 e. The molecule has 0 fully saturated rings. The SMILES string of the molecule is O=c1oc(-c2ccccc2)c(-c2ccccc2)c2cc(-c3ccccc3)c(-c3ccccc3)cc12. The number of fused-ring (bicyclic) bond motifs is 1. The highest BCUT2D eigenvalue weighted by molar-refractivity contribution is 6.06. The third kappa shape index (κ3) is 3.85. The Balaban J connectivity index is 1.77.